The largest absolute Gasteiger partial charge is 0.0775 e. The van der Waals surface area contributed by atoms with Crippen LogP contribution < -0.4 is 0 Å². The average Bonchev–Trinajstić information content (AvgIpc) is 2.17. The molecule has 0 saturated carbocycles. The van der Waals surface area contributed by atoms with Crippen molar-refractivity contribution in [2.75, 3.05) is 0 Å². The Bertz CT molecular complexity index is 180. The van der Waals surface area contributed by atoms with E-state index >= 15 is 0 Å². The summed E-state index contributed by atoms with van der Waals surface area (Å²) in [5.41, 5.74) is 2.71. The molecular weight excluding hydrogens is 108 g/mol. The summed E-state index contributed by atoms with van der Waals surface area (Å²) in [6.07, 6.45) is 9.85. The first-order valence-corrected chi connectivity index (χ1v) is 3.39. The first-order chi connectivity index (χ1) is 4.33. The van der Waals surface area contributed by atoms with Crippen LogP contribution in [0, 0.1) is 0 Å². The predicted octanol–water partition coefficient (Wildman–Crippen LogP) is 2.84. The van der Waals surface area contributed by atoms with Gasteiger partial charge in [-0.1, -0.05) is 36.8 Å². The van der Waals surface area contributed by atoms with Gasteiger partial charge in [0.25, 0.3) is 0 Å². The van der Waals surface area contributed by atoms with Crippen molar-refractivity contribution in [2.24, 2.45) is 0 Å². The minimum atomic E-state index is 1.13. The monoisotopic (exact) mass is 120 g/mol. The molecule has 0 amide bonds. The van der Waals surface area contributed by atoms with Gasteiger partial charge in [0, 0.05) is 0 Å². The molecule has 0 aromatic carbocycles. The molecule has 0 heteroatoms. The van der Waals surface area contributed by atoms with E-state index in [1.54, 1.807) is 0 Å². The number of rotatable bonds is 1. The summed E-state index contributed by atoms with van der Waals surface area (Å²) >= 11 is 0. The van der Waals surface area contributed by atoms with Crippen LogP contribution in [0.4, 0.5) is 0 Å². The molecule has 0 unspecified atom stereocenters. The van der Waals surface area contributed by atoms with Crippen LogP contribution in [0.15, 0.2) is 35.5 Å². The van der Waals surface area contributed by atoms with E-state index < -0.39 is 0 Å². The molecule has 0 N–H and O–H groups in total. The van der Waals surface area contributed by atoms with Crippen LogP contribution in [-0.4, -0.2) is 0 Å². The Hall–Kier alpha value is -0.780. The quantitative estimate of drug-likeness (QED) is 0.499. The summed E-state index contributed by atoms with van der Waals surface area (Å²) < 4.78 is 0. The van der Waals surface area contributed by atoms with Crippen LogP contribution >= 0.6 is 0 Å². The van der Waals surface area contributed by atoms with Crippen LogP contribution in [0.2, 0.25) is 0 Å². The second-order valence-electron chi connectivity index (χ2n) is 2.33. The molecule has 1 aliphatic carbocycles. The standard InChI is InChI=1S/C9H12/c1-3-4-9-6-5-8(2)7-9/h4-7H,3H2,1-2H3. The first kappa shape index (κ1) is 6.34. The molecular formula is C9H12. The lowest BCUT2D eigenvalue weighted by Crippen LogP contribution is -1.64. The third-order valence-corrected chi connectivity index (χ3v) is 1.37. The lowest BCUT2D eigenvalue weighted by Gasteiger charge is -1.84. The highest BCUT2D eigenvalue weighted by Crippen LogP contribution is 2.13. The highest BCUT2D eigenvalue weighted by atomic mass is 14.0. The van der Waals surface area contributed by atoms with E-state index in [1.165, 1.54) is 11.1 Å². The van der Waals surface area contributed by atoms with Gasteiger partial charge < -0.3 is 0 Å². The van der Waals surface area contributed by atoms with E-state index in [-0.39, 0.29) is 0 Å². The molecule has 0 fully saturated rings. The van der Waals surface area contributed by atoms with Crippen molar-refractivity contribution in [3.8, 4) is 0 Å². The molecule has 0 saturated heterocycles. The third-order valence-electron chi connectivity index (χ3n) is 1.37. The molecule has 0 atom stereocenters. The van der Waals surface area contributed by atoms with E-state index in [4.69, 9.17) is 0 Å². The van der Waals surface area contributed by atoms with Gasteiger partial charge in [-0.05, 0) is 18.9 Å². The molecule has 0 spiro atoms. The van der Waals surface area contributed by atoms with Crippen molar-refractivity contribution in [1.29, 1.82) is 0 Å². The maximum Gasteiger partial charge on any atom is -0.0294 e. The topological polar surface area (TPSA) is 0 Å². The number of hydrogen-bond acceptors (Lipinski definition) is 0. The van der Waals surface area contributed by atoms with Crippen LogP contribution in [-0.2, 0) is 0 Å². The zero-order chi connectivity index (χ0) is 6.69. The van der Waals surface area contributed by atoms with Crippen LogP contribution in [0.3, 0.4) is 0 Å². The van der Waals surface area contributed by atoms with Gasteiger partial charge in [0.1, 0.15) is 0 Å². The summed E-state index contributed by atoms with van der Waals surface area (Å²) in [4.78, 5) is 0. The molecule has 48 valence electrons. The molecule has 1 aliphatic rings. The van der Waals surface area contributed by atoms with Gasteiger partial charge in [0.2, 0.25) is 0 Å². The maximum atomic E-state index is 2.23. The molecule has 0 aromatic heterocycles. The van der Waals surface area contributed by atoms with Crippen molar-refractivity contribution >= 4 is 0 Å². The lowest BCUT2D eigenvalue weighted by molar-refractivity contribution is 1.21. The van der Waals surface area contributed by atoms with E-state index in [0.29, 0.717) is 0 Å². The Morgan fingerprint density at radius 3 is 2.67 bits per heavy atom. The molecule has 0 heterocycles. The van der Waals surface area contributed by atoms with Crippen molar-refractivity contribution in [3.05, 3.63) is 35.5 Å². The smallest absolute Gasteiger partial charge is 0.0294 e. The fourth-order valence-electron chi connectivity index (χ4n) is 0.949. The van der Waals surface area contributed by atoms with E-state index in [2.05, 4.69) is 38.2 Å². The van der Waals surface area contributed by atoms with Crippen LogP contribution in [0.25, 0.3) is 0 Å². The van der Waals surface area contributed by atoms with Crippen LogP contribution in [0.1, 0.15) is 20.3 Å². The Morgan fingerprint density at radius 1 is 1.44 bits per heavy atom. The molecule has 0 nitrogen and oxygen atoms in total. The SMILES string of the molecule is CCC=C1C=CC(C)=C1. The van der Waals surface area contributed by atoms with Gasteiger partial charge in [-0.3, -0.25) is 0 Å². The summed E-state index contributed by atoms with van der Waals surface area (Å²) in [5.74, 6) is 0. The Kier molecular flexibility index (Phi) is 1.88. The second-order valence-corrected chi connectivity index (χ2v) is 2.33. The summed E-state index contributed by atoms with van der Waals surface area (Å²) in [6, 6.07) is 0. The number of hydrogen-bond donors (Lipinski definition) is 0. The molecule has 1 rings (SSSR count). The van der Waals surface area contributed by atoms with E-state index in [9.17, 15) is 0 Å². The molecule has 0 aromatic rings. The zero-order valence-corrected chi connectivity index (χ0v) is 6.02. The molecule has 0 aliphatic heterocycles. The Balaban J connectivity index is 2.69. The van der Waals surface area contributed by atoms with Crippen molar-refractivity contribution < 1.29 is 0 Å². The maximum absolute atomic E-state index is 2.23. The first-order valence-electron chi connectivity index (χ1n) is 3.39. The van der Waals surface area contributed by atoms with Gasteiger partial charge >= 0.3 is 0 Å². The molecule has 0 radical (unpaired) electrons. The molecule has 9 heavy (non-hydrogen) atoms. The second kappa shape index (κ2) is 2.67. The lowest BCUT2D eigenvalue weighted by atomic mass is 10.2. The molecule has 0 bridgehead atoms. The summed E-state index contributed by atoms with van der Waals surface area (Å²) in [5, 5.41) is 0. The average molecular weight is 120 g/mol. The minimum Gasteiger partial charge on any atom is -0.0775 e. The van der Waals surface area contributed by atoms with Crippen molar-refractivity contribution in [2.45, 2.75) is 20.3 Å². The van der Waals surface area contributed by atoms with Gasteiger partial charge in [-0.15, -0.1) is 0 Å². The zero-order valence-electron chi connectivity index (χ0n) is 6.02. The number of allylic oxidation sites excluding steroid dienone is 6. The van der Waals surface area contributed by atoms with Gasteiger partial charge in [-0.25, -0.2) is 0 Å². The Labute approximate surface area is 56.6 Å². The van der Waals surface area contributed by atoms with Gasteiger partial charge in [0.15, 0.2) is 0 Å². The fourth-order valence-corrected chi connectivity index (χ4v) is 0.949. The fraction of sp³-hybridized carbons (Fsp3) is 0.333. The highest BCUT2D eigenvalue weighted by molar-refractivity contribution is 5.44. The highest BCUT2D eigenvalue weighted by Gasteiger charge is 1.93. The minimum absolute atomic E-state index is 1.13. The normalized spacial score (nSPS) is 21.1. The summed E-state index contributed by atoms with van der Waals surface area (Å²) in [6.45, 7) is 4.27. The van der Waals surface area contributed by atoms with Gasteiger partial charge in [0.05, 0.1) is 0 Å². The summed E-state index contributed by atoms with van der Waals surface area (Å²) in [7, 11) is 0. The van der Waals surface area contributed by atoms with E-state index in [1.807, 2.05) is 0 Å². The predicted molar refractivity (Wildman–Crippen MR) is 41.3 cm³/mol. The van der Waals surface area contributed by atoms with E-state index in [0.717, 1.165) is 6.42 Å². The van der Waals surface area contributed by atoms with Crippen molar-refractivity contribution in [3.63, 3.8) is 0 Å². The van der Waals surface area contributed by atoms with Gasteiger partial charge in [-0.2, -0.15) is 0 Å². The van der Waals surface area contributed by atoms with Crippen molar-refractivity contribution in [1.82, 2.24) is 0 Å². The Morgan fingerprint density at radius 2 is 2.22 bits per heavy atom. The third kappa shape index (κ3) is 1.56. The van der Waals surface area contributed by atoms with Crippen LogP contribution in [0.5, 0.6) is 0 Å².